The molecule has 0 aliphatic carbocycles. The van der Waals surface area contributed by atoms with E-state index in [1.54, 1.807) is 18.2 Å². The fourth-order valence-corrected chi connectivity index (χ4v) is 4.28. The maximum absolute atomic E-state index is 12.8. The fraction of sp³-hybridized carbons (Fsp3) is 0.381. The zero-order chi connectivity index (χ0) is 18.9. The molecule has 2 aromatic carbocycles. The SMILES string of the molecule is O=C(c1cc(Cl)cc(Cl)c1)c1cccc(CN2CCC3(CC2)OCCO3)c1. The van der Waals surface area contributed by atoms with Crippen LogP contribution in [0.4, 0.5) is 0 Å². The monoisotopic (exact) mass is 405 g/mol. The van der Waals surface area contributed by atoms with Crippen molar-refractivity contribution < 1.29 is 14.3 Å². The average molecular weight is 406 g/mol. The van der Waals surface area contributed by atoms with E-state index < -0.39 is 0 Å². The van der Waals surface area contributed by atoms with E-state index in [0.29, 0.717) is 34.4 Å². The molecule has 4 rings (SSSR count). The molecule has 2 aliphatic heterocycles. The summed E-state index contributed by atoms with van der Waals surface area (Å²) in [5.74, 6) is -0.438. The molecule has 1 spiro atoms. The van der Waals surface area contributed by atoms with E-state index in [1.165, 1.54) is 0 Å². The highest BCUT2D eigenvalue weighted by Gasteiger charge is 2.39. The van der Waals surface area contributed by atoms with Gasteiger partial charge in [0.05, 0.1) is 13.2 Å². The number of halogens is 2. The van der Waals surface area contributed by atoms with Crippen molar-refractivity contribution in [1.29, 1.82) is 0 Å². The number of piperidine rings is 1. The van der Waals surface area contributed by atoms with Crippen molar-refractivity contribution in [1.82, 2.24) is 4.90 Å². The minimum absolute atomic E-state index is 0.0772. The Bertz CT molecular complexity index is 819. The molecule has 0 atom stereocenters. The van der Waals surface area contributed by atoms with Crippen LogP contribution in [-0.4, -0.2) is 42.8 Å². The third kappa shape index (κ3) is 4.36. The van der Waals surface area contributed by atoms with Crippen molar-refractivity contribution >= 4 is 29.0 Å². The van der Waals surface area contributed by atoms with E-state index in [2.05, 4.69) is 11.0 Å². The van der Waals surface area contributed by atoms with Crippen molar-refractivity contribution in [3.8, 4) is 0 Å². The van der Waals surface area contributed by atoms with Gasteiger partial charge in [-0.05, 0) is 29.8 Å². The lowest BCUT2D eigenvalue weighted by Gasteiger charge is -2.37. The molecule has 0 saturated carbocycles. The number of nitrogens with zero attached hydrogens (tertiary/aromatic N) is 1. The summed E-state index contributed by atoms with van der Waals surface area (Å²) in [5, 5.41) is 0.918. The Hall–Kier alpha value is -1.43. The molecule has 2 aromatic rings. The van der Waals surface area contributed by atoms with E-state index in [-0.39, 0.29) is 11.6 Å². The molecule has 2 heterocycles. The predicted molar refractivity (Wildman–Crippen MR) is 105 cm³/mol. The van der Waals surface area contributed by atoms with Gasteiger partial charge in [-0.2, -0.15) is 0 Å². The van der Waals surface area contributed by atoms with E-state index in [9.17, 15) is 4.79 Å². The summed E-state index contributed by atoms with van der Waals surface area (Å²) in [7, 11) is 0. The van der Waals surface area contributed by atoms with Gasteiger partial charge in [0.15, 0.2) is 11.6 Å². The molecule has 142 valence electrons. The number of hydrogen-bond acceptors (Lipinski definition) is 4. The number of ketones is 1. The third-order valence-electron chi connectivity index (χ3n) is 5.15. The Morgan fingerprint density at radius 2 is 1.63 bits per heavy atom. The molecule has 0 radical (unpaired) electrons. The molecule has 0 unspecified atom stereocenters. The van der Waals surface area contributed by atoms with Crippen molar-refractivity contribution in [2.24, 2.45) is 0 Å². The summed E-state index contributed by atoms with van der Waals surface area (Å²) in [6, 6.07) is 12.7. The smallest absolute Gasteiger partial charge is 0.193 e. The number of benzene rings is 2. The number of carbonyl (C=O) groups is 1. The van der Waals surface area contributed by atoms with Crippen molar-refractivity contribution in [2.45, 2.75) is 25.2 Å². The number of hydrogen-bond donors (Lipinski definition) is 0. The Morgan fingerprint density at radius 3 is 2.30 bits per heavy atom. The molecule has 0 aromatic heterocycles. The average Bonchev–Trinajstić information content (AvgIpc) is 3.11. The third-order valence-corrected chi connectivity index (χ3v) is 5.59. The van der Waals surface area contributed by atoms with Crippen LogP contribution >= 0.6 is 23.2 Å². The number of likely N-dealkylation sites (tertiary alicyclic amines) is 1. The van der Waals surface area contributed by atoms with Crippen LogP contribution in [0.2, 0.25) is 10.0 Å². The first-order valence-corrected chi connectivity index (χ1v) is 9.89. The van der Waals surface area contributed by atoms with Crippen molar-refractivity contribution in [2.75, 3.05) is 26.3 Å². The highest BCUT2D eigenvalue weighted by atomic mass is 35.5. The van der Waals surface area contributed by atoms with E-state index >= 15 is 0 Å². The van der Waals surface area contributed by atoms with E-state index in [1.807, 2.05) is 18.2 Å². The second-order valence-electron chi connectivity index (χ2n) is 7.07. The lowest BCUT2D eigenvalue weighted by atomic mass is 10.00. The highest BCUT2D eigenvalue weighted by molar-refractivity contribution is 6.35. The van der Waals surface area contributed by atoms with Crippen LogP contribution in [0.1, 0.15) is 34.3 Å². The van der Waals surface area contributed by atoms with E-state index in [4.69, 9.17) is 32.7 Å². The lowest BCUT2D eigenvalue weighted by molar-refractivity contribution is -0.185. The van der Waals surface area contributed by atoms with Crippen LogP contribution in [0.3, 0.4) is 0 Å². The largest absolute Gasteiger partial charge is 0.347 e. The first-order valence-electron chi connectivity index (χ1n) is 9.13. The Balaban J connectivity index is 1.44. The minimum Gasteiger partial charge on any atom is -0.347 e. The molecule has 2 fully saturated rings. The van der Waals surface area contributed by atoms with Crippen molar-refractivity contribution in [3.63, 3.8) is 0 Å². The molecule has 2 aliphatic rings. The first kappa shape index (κ1) is 18.9. The molecule has 0 amide bonds. The van der Waals surface area contributed by atoms with Gasteiger partial charge in [0.1, 0.15) is 0 Å². The van der Waals surface area contributed by atoms with Gasteiger partial charge in [-0.1, -0.05) is 41.4 Å². The van der Waals surface area contributed by atoms with Crippen LogP contribution in [0.15, 0.2) is 42.5 Å². The van der Waals surface area contributed by atoms with Gasteiger partial charge in [0, 0.05) is 53.6 Å². The minimum atomic E-state index is -0.361. The van der Waals surface area contributed by atoms with E-state index in [0.717, 1.165) is 38.0 Å². The standard InChI is InChI=1S/C21H21Cl2NO3/c22-18-11-17(12-19(23)13-18)20(25)16-3-1-2-15(10-16)14-24-6-4-21(5-7-24)26-8-9-27-21/h1-3,10-13H,4-9,14H2. The summed E-state index contributed by atoms with van der Waals surface area (Å²) in [6.45, 7) is 4.02. The summed E-state index contributed by atoms with van der Waals surface area (Å²) in [6.07, 6.45) is 1.76. The normalized spacial score (nSPS) is 19.5. The van der Waals surface area contributed by atoms with Gasteiger partial charge in [0.25, 0.3) is 0 Å². The lowest BCUT2D eigenvalue weighted by Crippen LogP contribution is -2.44. The Kier molecular flexibility index (Phi) is 5.53. The Labute approximate surface area is 169 Å². The summed E-state index contributed by atoms with van der Waals surface area (Å²) >= 11 is 12.1. The molecule has 6 heteroatoms. The van der Waals surface area contributed by atoms with Crippen LogP contribution in [0.25, 0.3) is 0 Å². The number of carbonyl (C=O) groups excluding carboxylic acids is 1. The van der Waals surface area contributed by atoms with Gasteiger partial charge in [0.2, 0.25) is 0 Å². The molecular weight excluding hydrogens is 385 g/mol. The second-order valence-corrected chi connectivity index (χ2v) is 7.94. The molecule has 0 N–H and O–H groups in total. The maximum atomic E-state index is 12.8. The Morgan fingerprint density at radius 1 is 0.963 bits per heavy atom. The van der Waals surface area contributed by atoms with Gasteiger partial charge in [-0.15, -0.1) is 0 Å². The summed E-state index contributed by atoms with van der Waals surface area (Å²) in [4.78, 5) is 15.2. The van der Waals surface area contributed by atoms with Gasteiger partial charge in [-0.3, -0.25) is 9.69 Å². The van der Waals surface area contributed by atoms with Gasteiger partial charge >= 0.3 is 0 Å². The maximum Gasteiger partial charge on any atom is 0.193 e. The van der Waals surface area contributed by atoms with Crippen LogP contribution in [-0.2, 0) is 16.0 Å². The molecule has 27 heavy (non-hydrogen) atoms. The molecular formula is C21H21Cl2NO3. The number of rotatable bonds is 4. The van der Waals surface area contributed by atoms with Crippen LogP contribution in [0, 0.1) is 0 Å². The van der Waals surface area contributed by atoms with Gasteiger partial charge < -0.3 is 9.47 Å². The zero-order valence-corrected chi connectivity index (χ0v) is 16.4. The first-order chi connectivity index (χ1) is 13.0. The highest BCUT2D eigenvalue weighted by Crippen LogP contribution is 2.31. The van der Waals surface area contributed by atoms with Gasteiger partial charge in [-0.25, -0.2) is 0 Å². The topological polar surface area (TPSA) is 38.8 Å². The summed E-state index contributed by atoms with van der Waals surface area (Å²) in [5.41, 5.74) is 2.25. The predicted octanol–water partition coefficient (Wildman–Crippen LogP) is 4.56. The molecule has 2 saturated heterocycles. The second kappa shape index (κ2) is 7.90. The quantitative estimate of drug-likeness (QED) is 0.698. The summed E-state index contributed by atoms with van der Waals surface area (Å²) < 4.78 is 11.6. The molecule has 4 nitrogen and oxygen atoms in total. The zero-order valence-electron chi connectivity index (χ0n) is 14.9. The van der Waals surface area contributed by atoms with Crippen molar-refractivity contribution in [3.05, 3.63) is 69.2 Å². The van der Waals surface area contributed by atoms with Crippen LogP contribution < -0.4 is 0 Å². The number of ether oxygens (including phenoxy) is 2. The fourth-order valence-electron chi connectivity index (χ4n) is 3.76. The van der Waals surface area contributed by atoms with Crippen LogP contribution in [0.5, 0.6) is 0 Å². The molecule has 0 bridgehead atoms.